The van der Waals surface area contributed by atoms with E-state index in [9.17, 15) is 0 Å². The van der Waals surface area contributed by atoms with Crippen LogP contribution in [0, 0.1) is 0 Å². The fourth-order valence-electron chi connectivity index (χ4n) is 2.39. The van der Waals surface area contributed by atoms with Gasteiger partial charge in [-0.3, -0.25) is 0 Å². The summed E-state index contributed by atoms with van der Waals surface area (Å²) in [6.45, 7) is 6.54. The Balaban J connectivity index is 2.04. The Bertz CT molecular complexity index is 720. The molecule has 0 aliphatic carbocycles. The van der Waals surface area contributed by atoms with Gasteiger partial charge in [-0.1, -0.05) is 12.1 Å². The zero-order chi connectivity index (χ0) is 14.3. The van der Waals surface area contributed by atoms with Crippen LogP contribution in [0.15, 0.2) is 42.0 Å². The molecule has 20 heavy (non-hydrogen) atoms. The zero-order valence-electron chi connectivity index (χ0n) is 12.0. The van der Waals surface area contributed by atoms with Gasteiger partial charge in [0, 0.05) is 10.4 Å². The van der Waals surface area contributed by atoms with Crippen molar-refractivity contribution in [2.24, 2.45) is 5.73 Å². The molecule has 0 saturated heterocycles. The number of benzene rings is 1. The van der Waals surface area contributed by atoms with E-state index in [0.717, 1.165) is 16.6 Å². The van der Waals surface area contributed by atoms with Crippen LogP contribution in [0.25, 0.3) is 11.0 Å². The van der Waals surface area contributed by atoms with E-state index in [1.165, 1.54) is 4.88 Å². The van der Waals surface area contributed by atoms with E-state index in [0.29, 0.717) is 0 Å². The largest absolute Gasteiger partial charge is 0.325 e. The topological polar surface area (TPSA) is 43.8 Å². The molecule has 0 amide bonds. The second-order valence-electron chi connectivity index (χ2n) is 6.03. The lowest BCUT2D eigenvalue weighted by Crippen LogP contribution is -2.20. The quantitative estimate of drug-likeness (QED) is 0.776. The van der Waals surface area contributed by atoms with Crippen LogP contribution in [0.3, 0.4) is 0 Å². The molecule has 0 aliphatic rings. The van der Waals surface area contributed by atoms with E-state index < -0.39 is 0 Å². The summed E-state index contributed by atoms with van der Waals surface area (Å²) >= 11 is 1.69. The summed E-state index contributed by atoms with van der Waals surface area (Å²) in [5.41, 5.74) is 9.62. The number of rotatable bonds is 2. The van der Waals surface area contributed by atoms with Gasteiger partial charge in [-0.15, -0.1) is 11.3 Å². The van der Waals surface area contributed by atoms with Crippen LogP contribution in [0.4, 0.5) is 0 Å². The Labute approximate surface area is 123 Å². The third kappa shape index (κ3) is 2.25. The van der Waals surface area contributed by atoms with E-state index in [4.69, 9.17) is 5.73 Å². The second kappa shape index (κ2) is 4.72. The molecule has 0 saturated carbocycles. The molecule has 0 spiro atoms. The van der Waals surface area contributed by atoms with Crippen LogP contribution in [0.2, 0.25) is 0 Å². The monoisotopic (exact) mass is 285 g/mol. The van der Waals surface area contributed by atoms with E-state index in [2.05, 4.69) is 60.0 Å². The summed E-state index contributed by atoms with van der Waals surface area (Å²) in [5, 5.41) is 2.06. The van der Waals surface area contributed by atoms with Crippen molar-refractivity contribution in [2.75, 3.05) is 0 Å². The first-order valence-electron chi connectivity index (χ1n) is 6.73. The number of hydrogen-bond acceptors (Lipinski definition) is 3. The van der Waals surface area contributed by atoms with Crippen molar-refractivity contribution in [3.63, 3.8) is 0 Å². The molecule has 2 N–H and O–H groups in total. The molecule has 2 heterocycles. The molecule has 4 heteroatoms. The van der Waals surface area contributed by atoms with E-state index in [1.54, 1.807) is 11.3 Å². The smallest absolute Gasteiger partial charge is 0.0963 e. The van der Waals surface area contributed by atoms with Gasteiger partial charge in [0.05, 0.1) is 23.4 Å². The highest BCUT2D eigenvalue weighted by Gasteiger charge is 2.17. The Kier molecular flexibility index (Phi) is 3.15. The van der Waals surface area contributed by atoms with E-state index >= 15 is 0 Å². The molecular formula is C16H19N3S. The lowest BCUT2D eigenvalue weighted by Gasteiger charge is -2.21. The van der Waals surface area contributed by atoms with Gasteiger partial charge < -0.3 is 10.3 Å². The zero-order valence-corrected chi connectivity index (χ0v) is 12.8. The van der Waals surface area contributed by atoms with Crippen LogP contribution in [-0.2, 0) is 5.54 Å². The van der Waals surface area contributed by atoms with Crippen LogP contribution >= 0.6 is 11.3 Å². The van der Waals surface area contributed by atoms with Gasteiger partial charge >= 0.3 is 0 Å². The third-order valence-electron chi connectivity index (χ3n) is 3.50. The molecule has 1 unspecified atom stereocenters. The first kappa shape index (κ1) is 13.3. The van der Waals surface area contributed by atoms with Gasteiger partial charge in [0.15, 0.2) is 0 Å². The summed E-state index contributed by atoms with van der Waals surface area (Å²) in [4.78, 5) is 5.70. The molecule has 1 aromatic carbocycles. The van der Waals surface area contributed by atoms with Gasteiger partial charge in [0.1, 0.15) is 0 Å². The molecule has 3 nitrogen and oxygen atoms in total. The summed E-state index contributed by atoms with van der Waals surface area (Å²) in [6.07, 6.45) is 1.91. The van der Waals surface area contributed by atoms with Crippen LogP contribution in [0.1, 0.15) is 37.3 Å². The Morgan fingerprint density at radius 2 is 2.05 bits per heavy atom. The van der Waals surface area contributed by atoms with Crippen molar-refractivity contribution >= 4 is 22.4 Å². The van der Waals surface area contributed by atoms with Crippen molar-refractivity contribution in [3.8, 4) is 0 Å². The van der Waals surface area contributed by atoms with Crippen molar-refractivity contribution in [1.29, 1.82) is 0 Å². The van der Waals surface area contributed by atoms with Crippen molar-refractivity contribution in [3.05, 3.63) is 52.5 Å². The predicted octanol–water partition coefficient (Wildman–Crippen LogP) is 3.90. The predicted molar refractivity (Wildman–Crippen MR) is 85.1 cm³/mol. The standard InChI is InChI=1S/C16H19N3S/c1-16(2,3)19-10-18-12-9-11(6-7-13(12)19)15(17)14-5-4-8-20-14/h4-10,15H,17H2,1-3H3. The lowest BCUT2D eigenvalue weighted by molar-refractivity contribution is 0.408. The summed E-state index contributed by atoms with van der Waals surface area (Å²) in [7, 11) is 0. The van der Waals surface area contributed by atoms with Crippen molar-refractivity contribution in [1.82, 2.24) is 9.55 Å². The normalized spacial score (nSPS) is 13.8. The van der Waals surface area contributed by atoms with Gasteiger partial charge in [0.2, 0.25) is 0 Å². The SMILES string of the molecule is CC(C)(C)n1cnc2cc(C(N)c3cccs3)ccc21. The van der Waals surface area contributed by atoms with Crippen molar-refractivity contribution in [2.45, 2.75) is 32.4 Å². The van der Waals surface area contributed by atoms with Gasteiger partial charge in [-0.25, -0.2) is 4.98 Å². The highest BCUT2D eigenvalue weighted by molar-refractivity contribution is 7.10. The maximum Gasteiger partial charge on any atom is 0.0963 e. The Morgan fingerprint density at radius 1 is 1.25 bits per heavy atom. The minimum Gasteiger partial charge on any atom is -0.325 e. The minimum atomic E-state index is -0.0702. The second-order valence-corrected chi connectivity index (χ2v) is 7.01. The average molecular weight is 285 g/mol. The van der Waals surface area contributed by atoms with Gasteiger partial charge in [-0.05, 0) is 49.9 Å². The van der Waals surface area contributed by atoms with Crippen molar-refractivity contribution < 1.29 is 0 Å². The molecule has 104 valence electrons. The van der Waals surface area contributed by atoms with Crippen LogP contribution < -0.4 is 5.73 Å². The summed E-state index contributed by atoms with van der Waals surface area (Å²) in [6, 6.07) is 10.4. The average Bonchev–Trinajstić information content (AvgIpc) is 3.05. The van der Waals surface area contributed by atoms with E-state index in [-0.39, 0.29) is 11.6 Å². The highest BCUT2D eigenvalue weighted by atomic mass is 32.1. The first-order chi connectivity index (χ1) is 9.47. The molecule has 0 bridgehead atoms. The molecule has 0 radical (unpaired) electrons. The molecule has 0 aliphatic heterocycles. The molecular weight excluding hydrogens is 266 g/mol. The number of thiophene rings is 1. The lowest BCUT2D eigenvalue weighted by atomic mass is 10.0. The number of nitrogens with two attached hydrogens (primary N) is 1. The minimum absolute atomic E-state index is 0.0339. The molecule has 3 rings (SSSR count). The van der Waals surface area contributed by atoms with Crippen LogP contribution in [0.5, 0.6) is 0 Å². The fourth-order valence-corrected chi connectivity index (χ4v) is 3.14. The maximum absolute atomic E-state index is 6.32. The molecule has 0 fully saturated rings. The molecule has 2 aromatic heterocycles. The van der Waals surface area contributed by atoms with Crippen LogP contribution in [-0.4, -0.2) is 9.55 Å². The summed E-state index contributed by atoms with van der Waals surface area (Å²) < 4.78 is 2.20. The first-order valence-corrected chi connectivity index (χ1v) is 7.61. The van der Waals surface area contributed by atoms with Gasteiger partial charge in [-0.2, -0.15) is 0 Å². The fraction of sp³-hybridized carbons (Fsp3) is 0.312. The number of hydrogen-bond donors (Lipinski definition) is 1. The highest BCUT2D eigenvalue weighted by Crippen LogP contribution is 2.28. The molecule has 3 aromatic rings. The number of nitrogens with zero attached hydrogens (tertiary/aromatic N) is 2. The molecule has 1 atom stereocenters. The van der Waals surface area contributed by atoms with E-state index in [1.807, 2.05) is 12.4 Å². The number of imidazole rings is 1. The number of aromatic nitrogens is 2. The Hall–Kier alpha value is -1.65. The van der Waals surface area contributed by atoms with Gasteiger partial charge in [0.25, 0.3) is 0 Å². The summed E-state index contributed by atoms with van der Waals surface area (Å²) in [5.74, 6) is 0. The number of fused-ring (bicyclic) bond motifs is 1. The maximum atomic E-state index is 6.32. The Morgan fingerprint density at radius 3 is 2.70 bits per heavy atom. The third-order valence-corrected chi connectivity index (χ3v) is 4.46.